The molecule has 3 heterocycles. The van der Waals surface area contributed by atoms with Crippen LogP contribution in [0.5, 0.6) is 0 Å². The summed E-state index contributed by atoms with van der Waals surface area (Å²) < 4.78 is 1.78. The number of nitrogens with zero attached hydrogens (tertiary/aromatic N) is 3. The maximum absolute atomic E-state index is 12.9. The summed E-state index contributed by atoms with van der Waals surface area (Å²) in [6.07, 6.45) is 3.18. The van der Waals surface area contributed by atoms with E-state index in [0.717, 1.165) is 12.8 Å². The van der Waals surface area contributed by atoms with Gasteiger partial charge in [0, 0.05) is 6.54 Å². The number of hydrazine groups is 1. The second kappa shape index (κ2) is 5.07. The number of halogens is 1. The molecule has 3 N–H and O–H groups in total. The van der Waals surface area contributed by atoms with Gasteiger partial charge in [0.1, 0.15) is 6.33 Å². The van der Waals surface area contributed by atoms with E-state index >= 15 is 0 Å². The van der Waals surface area contributed by atoms with E-state index in [1.165, 1.54) is 0 Å². The average Bonchev–Trinajstić information content (AvgIpc) is 3.17. The predicted octanol–water partition coefficient (Wildman–Crippen LogP) is 1.42. The normalized spacial score (nSPS) is 19.0. The first-order valence-corrected chi connectivity index (χ1v) is 7.69. The van der Waals surface area contributed by atoms with Crippen molar-refractivity contribution < 1.29 is 9.59 Å². The lowest BCUT2D eigenvalue weighted by molar-refractivity contribution is 0.0735. The number of rotatable bonds is 1. The van der Waals surface area contributed by atoms with Gasteiger partial charge in [-0.1, -0.05) is 17.7 Å². The summed E-state index contributed by atoms with van der Waals surface area (Å²) in [5, 5.41) is 0.393. The Bertz CT molecular complexity index is 831. The van der Waals surface area contributed by atoms with Crippen molar-refractivity contribution in [3.05, 3.63) is 46.5 Å². The van der Waals surface area contributed by atoms with Crippen LogP contribution in [-0.4, -0.2) is 32.8 Å². The van der Waals surface area contributed by atoms with Crippen LogP contribution >= 0.6 is 11.6 Å². The topological polar surface area (TPSA) is 93.2 Å². The van der Waals surface area contributed by atoms with Crippen molar-refractivity contribution in [2.45, 2.75) is 18.9 Å². The van der Waals surface area contributed by atoms with Crippen molar-refractivity contribution in [2.75, 3.05) is 6.54 Å². The van der Waals surface area contributed by atoms with Gasteiger partial charge in [0.15, 0.2) is 5.69 Å². The molecule has 7 nitrogen and oxygen atoms in total. The average molecular weight is 332 g/mol. The fraction of sp³-hybridized carbons (Fsp3) is 0.267. The van der Waals surface area contributed by atoms with Gasteiger partial charge >= 0.3 is 0 Å². The van der Waals surface area contributed by atoms with Crippen molar-refractivity contribution in [1.82, 2.24) is 19.9 Å². The van der Waals surface area contributed by atoms with E-state index in [1.54, 1.807) is 34.0 Å². The number of amides is 2. The maximum atomic E-state index is 12.9. The molecule has 4 rings (SSSR count). The monoisotopic (exact) mass is 331 g/mol. The van der Waals surface area contributed by atoms with Gasteiger partial charge in [0.05, 0.1) is 28.0 Å². The number of carbonyl (C=O) groups excluding carboxylic acids is 2. The van der Waals surface area contributed by atoms with Crippen LogP contribution in [0.2, 0.25) is 5.02 Å². The number of nitrogen functional groups attached to an aromatic ring is 1. The second-order valence-corrected chi connectivity index (χ2v) is 6.02. The van der Waals surface area contributed by atoms with E-state index in [2.05, 4.69) is 10.4 Å². The third-order valence-corrected chi connectivity index (χ3v) is 4.76. The molecule has 1 atom stereocenters. The summed E-state index contributed by atoms with van der Waals surface area (Å²) in [6.45, 7) is 0.628. The molecule has 2 aromatic rings. The molecule has 0 bridgehead atoms. The van der Waals surface area contributed by atoms with Crippen LogP contribution in [0.25, 0.3) is 5.69 Å². The Morgan fingerprint density at radius 1 is 1.43 bits per heavy atom. The maximum Gasteiger partial charge on any atom is 0.285 e. The highest BCUT2D eigenvalue weighted by Gasteiger charge is 2.40. The van der Waals surface area contributed by atoms with Crippen molar-refractivity contribution in [2.24, 2.45) is 5.84 Å². The molecule has 1 aromatic heterocycles. The first-order chi connectivity index (χ1) is 11.1. The van der Waals surface area contributed by atoms with Crippen molar-refractivity contribution >= 4 is 23.4 Å². The summed E-state index contributed by atoms with van der Waals surface area (Å²) in [4.78, 5) is 31.0. The van der Waals surface area contributed by atoms with Crippen LogP contribution in [0, 0.1) is 0 Å². The molecule has 118 valence electrons. The number of carbonyl (C=O) groups is 2. The van der Waals surface area contributed by atoms with Gasteiger partial charge in [-0.05, 0) is 25.0 Å². The van der Waals surface area contributed by atoms with Gasteiger partial charge in [-0.25, -0.2) is 10.8 Å². The lowest BCUT2D eigenvalue weighted by atomic mass is 10.1. The molecule has 1 aromatic carbocycles. The third kappa shape index (κ3) is 1.90. The molecule has 0 unspecified atom stereocenters. The molecule has 0 aliphatic carbocycles. The highest BCUT2D eigenvalue weighted by atomic mass is 35.5. The Kier molecular flexibility index (Phi) is 3.14. The van der Waals surface area contributed by atoms with Crippen LogP contribution in [0.1, 0.15) is 45.4 Å². The molecule has 8 heteroatoms. The first kappa shape index (κ1) is 14.2. The third-order valence-electron chi connectivity index (χ3n) is 4.44. The van der Waals surface area contributed by atoms with E-state index in [0.29, 0.717) is 28.5 Å². The number of nitrogens with one attached hydrogen (secondary N) is 1. The SMILES string of the molecule is NNC(=O)c1ncn2c1[C@@H]1CCCN1C(=O)c1c(Cl)cccc1-2. The molecule has 1 fully saturated rings. The number of benzene rings is 1. The van der Waals surface area contributed by atoms with Crippen molar-refractivity contribution in [1.29, 1.82) is 0 Å². The highest BCUT2D eigenvalue weighted by Crippen LogP contribution is 2.41. The molecule has 2 amide bonds. The Morgan fingerprint density at radius 2 is 2.26 bits per heavy atom. The van der Waals surface area contributed by atoms with Crippen LogP contribution in [0.4, 0.5) is 0 Å². The molecule has 23 heavy (non-hydrogen) atoms. The van der Waals surface area contributed by atoms with E-state index in [4.69, 9.17) is 17.4 Å². The van der Waals surface area contributed by atoms with Gasteiger partial charge in [-0.2, -0.15) is 0 Å². The van der Waals surface area contributed by atoms with Crippen LogP contribution in [-0.2, 0) is 0 Å². The van der Waals surface area contributed by atoms with E-state index < -0.39 is 5.91 Å². The first-order valence-electron chi connectivity index (χ1n) is 7.31. The van der Waals surface area contributed by atoms with Gasteiger partial charge in [-0.3, -0.25) is 19.6 Å². The predicted molar refractivity (Wildman–Crippen MR) is 83.2 cm³/mol. The molecule has 1 saturated heterocycles. The van der Waals surface area contributed by atoms with Gasteiger partial charge in [0.25, 0.3) is 11.8 Å². The van der Waals surface area contributed by atoms with E-state index in [9.17, 15) is 9.59 Å². The summed E-state index contributed by atoms with van der Waals surface area (Å²) in [5.74, 6) is 4.68. The minimum atomic E-state index is -0.469. The zero-order chi connectivity index (χ0) is 16.1. The van der Waals surface area contributed by atoms with Crippen molar-refractivity contribution in [3.8, 4) is 5.69 Å². The van der Waals surface area contributed by atoms with Gasteiger partial charge < -0.3 is 4.90 Å². The number of nitrogens with two attached hydrogens (primary N) is 1. The molecule has 0 spiro atoms. The minimum Gasteiger partial charge on any atom is -0.330 e. The van der Waals surface area contributed by atoms with Crippen molar-refractivity contribution in [3.63, 3.8) is 0 Å². The van der Waals surface area contributed by atoms with E-state index in [1.807, 2.05) is 0 Å². The number of imidazole rings is 1. The zero-order valence-electron chi connectivity index (χ0n) is 12.1. The fourth-order valence-corrected chi connectivity index (χ4v) is 3.72. The molecular formula is C15H14ClN5O2. The summed E-state index contributed by atoms with van der Waals surface area (Å²) in [6, 6.07) is 5.06. The lowest BCUT2D eigenvalue weighted by Gasteiger charge is -2.23. The summed E-state index contributed by atoms with van der Waals surface area (Å²) >= 11 is 6.28. The summed E-state index contributed by atoms with van der Waals surface area (Å²) in [5.41, 5.74) is 4.12. The zero-order valence-corrected chi connectivity index (χ0v) is 12.9. The quantitative estimate of drug-likeness (QED) is 0.469. The Labute approximate surface area is 137 Å². The van der Waals surface area contributed by atoms with E-state index in [-0.39, 0.29) is 17.6 Å². The van der Waals surface area contributed by atoms with Crippen LogP contribution in [0.3, 0.4) is 0 Å². The van der Waals surface area contributed by atoms with Gasteiger partial charge in [0.2, 0.25) is 0 Å². The molecule has 2 aliphatic rings. The van der Waals surface area contributed by atoms with Crippen LogP contribution < -0.4 is 11.3 Å². The highest BCUT2D eigenvalue weighted by molar-refractivity contribution is 6.34. The molecule has 0 radical (unpaired) electrons. The number of hydrogen-bond donors (Lipinski definition) is 2. The number of fused-ring (bicyclic) bond motifs is 5. The molecular weight excluding hydrogens is 318 g/mol. The number of hydrogen-bond acceptors (Lipinski definition) is 4. The minimum absolute atomic E-state index is 0.115. The second-order valence-electron chi connectivity index (χ2n) is 5.61. The summed E-state index contributed by atoms with van der Waals surface area (Å²) in [7, 11) is 0. The molecule has 2 aliphatic heterocycles. The van der Waals surface area contributed by atoms with Gasteiger partial charge in [-0.15, -0.1) is 0 Å². The fourth-order valence-electron chi connectivity index (χ4n) is 3.47. The smallest absolute Gasteiger partial charge is 0.285 e. The largest absolute Gasteiger partial charge is 0.330 e. The standard InChI is InChI=1S/C15H14ClN5O2/c16-8-3-1-4-9-11(8)15(23)20-6-2-5-10(20)13-12(14(22)19-17)18-7-21(9)13/h1,3-4,7,10H,2,5-6,17H2,(H,19,22)/t10-/m0/s1. The Hall–Kier alpha value is -2.38. The lowest BCUT2D eigenvalue weighted by Crippen LogP contribution is -2.34. The molecule has 0 saturated carbocycles. The number of aromatic nitrogens is 2. The van der Waals surface area contributed by atoms with Crippen LogP contribution in [0.15, 0.2) is 24.5 Å². The Balaban J connectivity index is 2.04. The Morgan fingerprint density at radius 3 is 3.04 bits per heavy atom.